The second-order valence-electron chi connectivity index (χ2n) is 5.49. The summed E-state index contributed by atoms with van der Waals surface area (Å²) in [6.45, 7) is 9.67. The van der Waals surface area contributed by atoms with Crippen LogP contribution in [0.25, 0.3) is 0 Å². The van der Waals surface area contributed by atoms with E-state index in [0.29, 0.717) is 0 Å². The Bertz CT molecular complexity index is 375. The van der Waals surface area contributed by atoms with E-state index in [9.17, 15) is 0 Å². The Morgan fingerprint density at radius 3 is 2.67 bits per heavy atom. The Balaban J connectivity index is 2.56. The minimum Gasteiger partial charge on any atom is -0.396 e. The third kappa shape index (κ3) is 5.85. The van der Waals surface area contributed by atoms with Crippen molar-refractivity contribution in [1.82, 2.24) is 10.3 Å². The van der Waals surface area contributed by atoms with Gasteiger partial charge in [-0.2, -0.15) is 0 Å². The van der Waals surface area contributed by atoms with E-state index in [1.54, 1.807) is 11.8 Å². The molecular formula is C14H24N2OS. The van der Waals surface area contributed by atoms with Crippen molar-refractivity contribution >= 4 is 11.8 Å². The highest BCUT2D eigenvalue weighted by atomic mass is 32.2. The molecule has 0 saturated carbocycles. The molecule has 4 heteroatoms. The van der Waals surface area contributed by atoms with Crippen LogP contribution in [0.15, 0.2) is 17.3 Å². The zero-order valence-corrected chi connectivity index (χ0v) is 12.6. The van der Waals surface area contributed by atoms with Crippen LogP contribution in [0.5, 0.6) is 0 Å². The number of hydrogen-bond donors (Lipinski definition) is 2. The van der Waals surface area contributed by atoms with Crippen molar-refractivity contribution in [3.05, 3.63) is 23.4 Å². The van der Waals surface area contributed by atoms with Gasteiger partial charge in [-0.1, -0.05) is 6.07 Å². The molecule has 1 aromatic heterocycles. The number of aliphatic hydroxyl groups excluding tert-OH is 1. The zero-order chi connectivity index (χ0) is 13.6. The van der Waals surface area contributed by atoms with E-state index in [0.717, 1.165) is 23.7 Å². The van der Waals surface area contributed by atoms with E-state index >= 15 is 0 Å². The van der Waals surface area contributed by atoms with Gasteiger partial charge in [0, 0.05) is 30.6 Å². The molecular weight excluding hydrogens is 244 g/mol. The van der Waals surface area contributed by atoms with Crippen LogP contribution >= 0.6 is 11.8 Å². The number of nitrogens with one attached hydrogen (secondary N) is 1. The van der Waals surface area contributed by atoms with Crippen molar-refractivity contribution in [2.24, 2.45) is 0 Å². The number of hydrogen-bond acceptors (Lipinski definition) is 4. The van der Waals surface area contributed by atoms with Gasteiger partial charge in [-0.3, -0.25) is 0 Å². The molecule has 0 atom stereocenters. The highest BCUT2D eigenvalue weighted by Gasteiger charge is 2.09. The van der Waals surface area contributed by atoms with Crippen LogP contribution in [0, 0.1) is 6.92 Å². The lowest BCUT2D eigenvalue weighted by molar-refractivity contribution is 0.296. The van der Waals surface area contributed by atoms with Gasteiger partial charge in [-0.25, -0.2) is 4.98 Å². The molecule has 2 N–H and O–H groups in total. The van der Waals surface area contributed by atoms with Crippen LogP contribution in [0.4, 0.5) is 0 Å². The summed E-state index contributed by atoms with van der Waals surface area (Å²) in [7, 11) is 0. The molecule has 0 aromatic carbocycles. The van der Waals surface area contributed by atoms with E-state index < -0.39 is 0 Å². The lowest BCUT2D eigenvalue weighted by Crippen LogP contribution is -2.35. The largest absolute Gasteiger partial charge is 0.396 e. The molecule has 102 valence electrons. The minimum atomic E-state index is 0.127. The fourth-order valence-electron chi connectivity index (χ4n) is 1.47. The van der Waals surface area contributed by atoms with E-state index in [-0.39, 0.29) is 12.1 Å². The maximum atomic E-state index is 8.76. The second-order valence-corrected chi connectivity index (χ2v) is 6.58. The van der Waals surface area contributed by atoms with E-state index in [1.165, 1.54) is 11.1 Å². The van der Waals surface area contributed by atoms with Gasteiger partial charge in [0.15, 0.2) is 0 Å². The summed E-state index contributed by atoms with van der Waals surface area (Å²) in [5, 5.41) is 13.3. The van der Waals surface area contributed by atoms with Crippen LogP contribution in [-0.2, 0) is 6.54 Å². The molecule has 0 radical (unpaired) electrons. The molecule has 1 aromatic rings. The monoisotopic (exact) mass is 268 g/mol. The first-order valence-corrected chi connectivity index (χ1v) is 7.35. The average molecular weight is 268 g/mol. The maximum Gasteiger partial charge on any atom is 0.0989 e. The summed E-state index contributed by atoms with van der Waals surface area (Å²) in [6, 6.07) is 2.19. The maximum absolute atomic E-state index is 8.76. The number of thioether (sulfide) groups is 1. The topological polar surface area (TPSA) is 45.2 Å². The van der Waals surface area contributed by atoms with Crippen molar-refractivity contribution in [1.29, 1.82) is 0 Å². The molecule has 0 unspecified atom stereocenters. The molecule has 0 saturated heterocycles. The summed E-state index contributed by atoms with van der Waals surface area (Å²) >= 11 is 1.71. The summed E-state index contributed by atoms with van der Waals surface area (Å²) in [6.07, 6.45) is 2.76. The summed E-state index contributed by atoms with van der Waals surface area (Å²) in [5.74, 6) is 0.921. The predicted molar refractivity (Wildman–Crippen MR) is 78.0 cm³/mol. The third-order valence-corrected chi connectivity index (χ3v) is 3.64. The van der Waals surface area contributed by atoms with Crippen LogP contribution in [-0.4, -0.2) is 28.0 Å². The Hall–Kier alpha value is -0.580. The standard InChI is InChI=1S/C14H24N2OS/c1-11-8-12(10-16-14(2,3)4)9-15-13(11)18-7-5-6-17/h8-9,16-17H,5-7,10H2,1-4H3. The van der Waals surface area contributed by atoms with Gasteiger partial charge in [-0.05, 0) is 45.2 Å². The van der Waals surface area contributed by atoms with Crippen molar-refractivity contribution in [3.8, 4) is 0 Å². The first-order valence-electron chi connectivity index (χ1n) is 6.36. The van der Waals surface area contributed by atoms with Gasteiger partial charge >= 0.3 is 0 Å². The van der Waals surface area contributed by atoms with Crippen LogP contribution < -0.4 is 5.32 Å². The molecule has 0 bridgehead atoms. The van der Waals surface area contributed by atoms with Crippen LogP contribution in [0.3, 0.4) is 0 Å². The van der Waals surface area contributed by atoms with Crippen LogP contribution in [0.1, 0.15) is 38.3 Å². The fraction of sp³-hybridized carbons (Fsp3) is 0.643. The van der Waals surface area contributed by atoms with Gasteiger partial charge < -0.3 is 10.4 Å². The fourth-order valence-corrected chi connectivity index (χ4v) is 2.35. The molecule has 0 aliphatic heterocycles. The van der Waals surface area contributed by atoms with Gasteiger partial charge in [-0.15, -0.1) is 11.8 Å². The van der Waals surface area contributed by atoms with Gasteiger partial charge in [0.05, 0.1) is 5.03 Å². The SMILES string of the molecule is Cc1cc(CNC(C)(C)C)cnc1SCCCO. The van der Waals surface area contributed by atoms with Gasteiger partial charge in [0.1, 0.15) is 0 Å². The molecule has 1 rings (SSSR count). The molecule has 18 heavy (non-hydrogen) atoms. The number of rotatable bonds is 6. The summed E-state index contributed by atoms with van der Waals surface area (Å²) in [5.41, 5.74) is 2.56. The molecule has 0 fully saturated rings. The highest BCUT2D eigenvalue weighted by Crippen LogP contribution is 2.21. The predicted octanol–water partition coefficient (Wildman–Crippen LogP) is 2.75. The third-order valence-electron chi connectivity index (χ3n) is 2.45. The normalized spacial score (nSPS) is 11.8. The minimum absolute atomic E-state index is 0.127. The van der Waals surface area contributed by atoms with E-state index in [1.807, 2.05) is 6.20 Å². The first kappa shape index (κ1) is 15.5. The van der Waals surface area contributed by atoms with Crippen molar-refractivity contribution < 1.29 is 5.11 Å². The lowest BCUT2D eigenvalue weighted by Gasteiger charge is -2.20. The van der Waals surface area contributed by atoms with Gasteiger partial charge in [0.2, 0.25) is 0 Å². The number of aliphatic hydroxyl groups is 1. The first-order chi connectivity index (χ1) is 8.42. The Morgan fingerprint density at radius 1 is 1.39 bits per heavy atom. The van der Waals surface area contributed by atoms with E-state index in [4.69, 9.17) is 5.11 Å². The highest BCUT2D eigenvalue weighted by molar-refractivity contribution is 7.99. The molecule has 0 spiro atoms. The van der Waals surface area contributed by atoms with Crippen molar-refractivity contribution in [2.75, 3.05) is 12.4 Å². The van der Waals surface area contributed by atoms with Gasteiger partial charge in [0.25, 0.3) is 0 Å². The Kier molecular flexibility index (Phi) is 6.12. The Labute approximate surface area is 114 Å². The van der Waals surface area contributed by atoms with Crippen LogP contribution in [0.2, 0.25) is 0 Å². The van der Waals surface area contributed by atoms with E-state index in [2.05, 4.69) is 44.1 Å². The molecule has 0 aliphatic rings. The lowest BCUT2D eigenvalue weighted by atomic mass is 10.1. The molecule has 0 amide bonds. The number of nitrogens with zero attached hydrogens (tertiary/aromatic N) is 1. The molecule has 0 aliphatic carbocycles. The summed E-state index contributed by atoms with van der Waals surface area (Å²) in [4.78, 5) is 4.49. The number of aryl methyl sites for hydroxylation is 1. The van der Waals surface area contributed by atoms with Crippen molar-refractivity contribution in [3.63, 3.8) is 0 Å². The van der Waals surface area contributed by atoms with Crippen molar-refractivity contribution in [2.45, 2.75) is 51.2 Å². The number of aromatic nitrogens is 1. The molecule has 3 nitrogen and oxygen atoms in total. The number of pyridine rings is 1. The second kappa shape index (κ2) is 7.12. The zero-order valence-electron chi connectivity index (χ0n) is 11.8. The Morgan fingerprint density at radius 2 is 2.11 bits per heavy atom. The average Bonchev–Trinajstić information content (AvgIpc) is 2.28. The summed E-state index contributed by atoms with van der Waals surface area (Å²) < 4.78 is 0. The quantitative estimate of drug-likeness (QED) is 0.615. The smallest absolute Gasteiger partial charge is 0.0989 e. The molecule has 1 heterocycles.